The molecule has 10 heteroatoms. The van der Waals surface area contributed by atoms with Crippen molar-refractivity contribution in [1.29, 1.82) is 0 Å². The van der Waals surface area contributed by atoms with Gasteiger partial charge in [0.2, 0.25) is 0 Å². The van der Waals surface area contributed by atoms with E-state index >= 15 is 0 Å². The SMILES string of the molecule is CCCn1cnc2nc(COc3ccccc3NC(=O)COc3cccc(F)c3)cc(=O)n21. The van der Waals surface area contributed by atoms with Crippen molar-refractivity contribution < 1.29 is 18.7 Å². The van der Waals surface area contributed by atoms with Crippen LogP contribution in [-0.4, -0.2) is 31.7 Å². The van der Waals surface area contributed by atoms with E-state index in [4.69, 9.17) is 9.47 Å². The molecule has 0 bridgehead atoms. The van der Waals surface area contributed by atoms with E-state index < -0.39 is 11.7 Å². The van der Waals surface area contributed by atoms with Crippen LogP contribution in [0.25, 0.3) is 5.78 Å². The standard InChI is InChI=1S/C23H22FN5O4/c1-2-10-28-15-25-23-26-17(12-22(31)29(23)28)13-33-20-9-4-3-8-19(20)27-21(30)14-32-18-7-5-6-16(24)11-18/h3-9,11-12,15H,2,10,13-14H2,1H3,(H,27,30). The summed E-state index contributed by atoms with van der Waals surface area (Å²) in [6, 6.07) is 13.8. The maximum atomic E-state index is 13.2. The highest BCUT2D eigenvalue weighted by Gasteiger charge is 2.12. The molecule has 2 heterocycles. The summed E-state index contributed by atoms with van der Waals surface area (Å²) < 4.78 is 27.5. The number of hydrogen-bond donors (Lipinski definition) is 1. The highest BCUT2D eigenvalue weighted by molar-refractivity contribution is 5.93. The minimum atomic E-state index is -0.449. The number of aryl methyl sites for hydroxylation is 1. The topological polar surface area (TPSA) is 99.8 Å². The molecule has 0 spiro atoms. The van der Waals surface area contributed by atoms with Crippen molar-refractivity contribution in [3.63, 3.8) is 0 Å². The van der Waals surface area contributed by atoms with Gasteiger partial charge < -0.3 is 14.8 Å². The van der Waals surface area contributed by atoms with Crippen molar-refractivity contribution in [2.24, 2.45) is 0 Å². The minimum Gasteiger partial charge on any atom is -0.485 e. The number of benzene rings is 2. The summed E-state index contributed by atoms with van der Waals surface area (Å²) >= 11 is 0. The van der Waals surface area contributed by atoms with Gasteiger partial charge in [-0.15, -0.1) is 0 Å². The Balaban J connectivity index is 1.41. The van der Waals surface area contributed by atoms with E-state index in [0.29, 0.717) is 29.5 Å². The van der Waals surface area contributed by atoms with Gasteiger partial charge in [0.25, 0.3) is 17.2 Å². The molecule has 2 aromatic heterocycles. The van der Waals surface area contributed by atoms with E-state index in [9.17, 15) is 14.0 Å². The molecule has 0 aliphatic rings. The molecule has 0 saturated heterocycles. The van der Waals surface area contributed by atoms with E-state index in [1.807, 2.05) is 6.92 Å². The quantitative estimate of drug-likeness (QED) is 0.420. The fourth-order valence-electron chi connectivity index (χ4n) is 3.21. The van der Waals surface area contributed by atoms with Crippen molar-refractivity contribution in [3.05, 3.63) is 82.8 Å². The van der Waals surface area contributed by atoms with Crippen LogP contribution in [0.15, 0.2) is 65.7 Å². The Morgan fingerprint density at radius 2 is 1.97 bits per heavy atom. The number of ether oxygens (including phenoxy) is 2. The van der Waals surface area contributed by atoms with E-state index in [1.54, 1.807) is 41.3 Å². The predicted octanol–water partition coefficient (Wildman–Crippen LogP) is 3.04. The largest absolute Gasteiger partial charge is 0.485 e. The van der Waals surface area contributed by atoms with Crippen molar-refractivity contribution in [3.8, 4) is 11.5 Å². The Hall–Kier alpha value is -4.21. The number of carbonyl (C=O) groups is 1. The van der Waals surface area contributed by atoms with Gasteiger partial charge in [-0.3, -0.25) is 14.3 Å². The van der Waals surface area contributed by atoms with Gasteiger partial charge in [0.1, 0.15) is 30.3 Å². The summed E-state index contributed by atoms with van der Waals surface area (Å²) in [4.78, 5) is 33.4. The number of para-hydroxylation sites is 2. The zero-order chi connectivity index (χ0) is 23.2. The number of hydrogen-bond acceptors (Lipinski definition) is 6. The number of carbonyl (C=O) groups excluding carboxylic acids is 1. The molecule has 0 fully saturated rings. The summed E-state index contributed by atoms with van der Waals surface area (Å²) in [6.07, 6.45) is 2.44. The van der Waals surface area contributed by atoms with Crippen LogP contribution in [0.2, 0.25) is 0 Å². The Kier molecular flexibility index (Phi) is 6.63. The highest BCUT2D eigenvalue weighted by Crippen LogP contribution is 2.24. The number of fused-ring (bicyclic) bond motifs is 1. The lowest BCUT2D eigenvalue weighted by Crippen LogP contribution is -2.22. The van der Waals surface area contributed by atoms with Crippen molar-refractivity contribution in [2.45, 2.75) is 26.5 Å². The smallest absolute Gasteiger partial charge is 0.274 e. The number of nitrogens with zero attached hydrogens (tertiary/aromatic N) is 4. The van der Waals surface area contributed by atoms with Gasteiger partial charge in [-0.1, -0.05) is 25.1 Å². The van der Waals surface area contributed by atoms with Crippen LogP contribution in [0.4, 0.5) is 10.1 Å². The molecule has 1 amide bonds. The number of nitrogens with one attached hydrogen (secondary N) is 1. The second kappa shape index (κ2) is 9.94. The van der Waals surface area contributed by atoms with E-state index in [-0.39, 0.29) is 24.5 Å². The fourth-order valence-corrected chi connectivity index (χ4v) is 3.21. The maximum Gasteiger partial charge on any atom is 0.274 e. The fraction of sp³-hybridized carbons (Fsp3) is 0.217. The molecule has 0 unspecified atom stereocenters. The Labute approximate surface area is 188 Å². The molecule has 170 valence electrons. The van der Waals surface area contributed by atoms with Crippen LogP contribution < -0.4 is 20.3 Å². The minimum absolute atomic E-state index is 0.0130. The van der Waals surface area contributed by atoms with Crippen LogP contribution in [0.1, 0.15) is 19.0 Å². The summed E-state index contributed by atoms with van der Waals surface area (Å²) in [5, 5.41) is 2.71. The number of rotatable bonds is 9. The number of halogens is 1. The first kappa shape index (κ1) is 22.0. The molecule has 0 aliphatic carbocycles. The van der Waals surface area contributed by atoms with E-state index in [2.05, 4.69) is 15.3 Å². The third kappa shape index (κ3) is 5.35. The van der Waals surface area contributed by atoms with Gasteiger partial charge in [-0.25, -0.2) is 9.37 Å². The van der Waals surface area contributed by atoms with Crippen LogP contribution in [0.5, 0.6) is 11.5 Å². The average molecular weight is 451 g/mol. The molecule has 4 rings (SSSR count). The second-order valence-electron chi connectivity index (χ2n) is 7.18. The normalized spacial score (nSPS) is 10.8. The first-order valence-electron chi connectivity index (χ1n) is 10.4. The first-order valence-corrected chi connectivity index (χ1v) is 10.4. The van der Waals surface area contributed by atoms with Gasteiger partial charge in [0.05, 0.1) is 11.4 Å². The molecule has 0 aliphatic heterocycles. The monoisotopic (exact) mass is 451 g/mol. The Morgan fingerprint density at radius 3 is 2.79 bits per heavy atom. The van der Waals surface area contributed by atoms with Crippen molar-refractivity contribution in [2.75, 3.05) is 11.9 Å². The molecule has 33 heavy (non-hydrogen) atoms. The lowest BCUT2D eigenvalue weighted by molar-refractivity contribution is -0.118. The summed E-state index contributed by atoms with van der Waals surface area (Å²) in [5.74, 6) is 0.0642. The second-order valence-corrected chi connectivity index (χ2v) is 7.18. The van der Waals surface area contributed by atoms with Gasteiger partial charge in [0, 0.05) is 18.7 Å². The molecular weight excluding hydrogens is 429 g/mol. The lowest BCUT2D eigenvalue weighted by Gasteiger charge is -2.13. The van der Waals surface area contributed by atoms with Crippen molar-refractivity contribution >= 4 is 17.4 Å². The van der Waals surface area contributed by atoms with E-state index in [1.165, 1.54) is 28.8 Å². The maximum absolute atomic E-state index is 13.2. The summed E-state index contributed by atoms with van der Waals surface area (Å²) in [5.41, 5.74) is 0.591. The molecular formula is C23H22FN5O4. The van der Waals surface area contributed by atoms with Crippen LogP contribution in [0, 0.1) is 5.82 Å². The first-order chi connectivity index (χ1) is 16.0. The molecule has 4 aromatic rings. The van der Waals surface area contributed by atoms with Gasteiger partial charge in [-0.2, -0.15) is 9.50 Å². The van der Waals surface area contributed by atoms with Gasteiger partial charge >= 0.3 is 0 Å². The third-order valence-electron chi connectivity index (χ3n) is 4.65. The number of aromatic nitrogens is 4. The zero-order valence-electron chi connectivity index (χ0n) is 17.9. The van der Waals surface area contributed by atoms with Gasteiger partial charge in [-0.05, 0) is 30.7 Å². The molecule has 0 radical (unpaired) electrons. The Bertz CT molecular complexity index is 1330. The number of anilines is 1. The molecule has 9 nitrogen and oxygen atoms in total. The summed E-state index contributed by atoms with van der Waals surface area (Å²) in [6.45, 7) is 2.38. The van der Waals surface area contributed by atoms with Gasteiger partial charge in [0.15, 0.2) is 6.61 Å². The number of amides is 1. The van der Waals surface area contributed by atoms with Crippen LogP contribution >= 0.6 is 0 Å². The molecule has 2 aromatic carbocycles. The average Bonchev–Trinajstić information content (AvgIpc) is 3.21. The van der Waals surface area contributed by atoms with Crippen molar-refractivity contribution in [1.82, 2.24) is 19.2 Å². The molecule has 1 N–H and O–H groups in total. The molecule has 0 saturated carbocycles. The van der Waals surface area contributed by atoms with Crippen LogP contribution in [-0.2, 0) is 17.9 Å². The predicted molar refractivity (Wildman–Crippen MR) is 119 cm³/mol. The third-order valence-corrected chi connectivity index (χ3v) is 4.65. The lowest BCUT2D eigenvalue weighted by atomic mass is 10.3. The Morgan fingerprint density at radius 1 is 1.12 bits per heavy atom. The van der Waals surface area contributed by atoms with E-state index in [0.717, 1.165) is 6.42 Å². The van der Waals surface area contributed by atoms with Crippen LogP contribution in [0.3, 0.4) is 0 Å². The summed E-state index contributed by atoms with van der Waals surface area (Å²) in [7, 11) is 0. The zero-order valence-corrected chi connectivity index (χ0v) is 17.9. The molecule has 0 atom stereocenters. The highest BCUT2D eigenvalue weighted by atomic mass is 19.1.